The van der Waals surface area contributed by atoms with Gasteiger partial charge in [0, 0.05) is 17.1 Å². The SMILES string of the molecule is COc1cccc(C(=O)n2cc(C(=O)O)c3ccccc32)c1. The molecule has 1 N–H and O–H groups in total. The Balaban J connectivity index is 2.17. The topological polar surface area (TPSA) is 68.5 Å². The van der Waals surface area contributed by atoms with Crippen molar-refractivity contribution in [3.63, 3.8) is 0 Å². The van der Waals surface area contributed by atoms with Crippen LogP contribution < -0.4 is 4.74 Å². The van der Waals surface area contributed by atoms with E-state index >= 15 is 0 Å². The number of hydrogen-bond donors (Lipinski definition) is 1. The van der Waals surface area contributed by atoms with Gasteiger partial charge in [-0.15, -0.1) is 0 Å². The highest BCUT2D eigenvalue weighted by atomic mass is 16.5. The van der Waals surface area contributed by atoms with E-state index in [9.17, 15) is 14.7 Å². The van der Waals surface area contributed by atoms with Gasteiger partial charge in [-0.25, -0.2) is 4.79 Å². The molecule has 3 rings (SSSR count). The Kier molecular flexibility index (Phi) is 3.39. The van der Waals surface area contributed by atoms with Crippen LogP contribution >= 0.6 is 0 Å². The van der Waals surface area contributed by atoms with Crippen LogP contribution in [0.4, 0.5) is 0 Å². The molecule has 5 nitrogen and oxygen atoms in total. The van der Waals surface area contributed by atoms with Gasteiger partial charge in [0.25, 0.3) is 5.91 Å². The van der Waals surface area contributed by atoms with Gasteiger partial charge in [-0.2, -0.15) is 0 Å². The van der Waals surface area contributed by atoms with Crippen LogP contribution in [0, 0.1) is 0 Å². The first-order valence-electron chi connectivity index (χ1n) is 6.64. The monoisotopic (exact) mass is 295 g/mol. The van der Waals surface area contributed by atoms with Gasteiger partial charge in [-0.1, -0.05) is 24.3 Å². The number of para-hydroxylation sites is 1. The molecule has 1 aromatic heterocycles. The fourth-order valence-electron chi connectivity index (χ4n) is 2.41. The minimum absolute atomic E-state index is 0.104. The number of fused-ring (bicyclic) bond motifs is 1. The number of benzene rings is 2. The molecule has 0 atom stereocenters. The summed E-state index contributed by atoms with van der Waals surface area (Å²) in [5.74, 6) is -0.795. The number of methoxy groups -OCH3 is 1. The molecule has 3 aromatic rings. The van der Waals surface area contributed by atoms with Crippen molar-refractivity contribution in [3.8, 4) is 5.75 Å². The highest BCUT2D eigenvalue weighted by Gasteiger charge is 2.18. The molecule has 22 heavy (non-hydrogen) atoms. The Bertz CT molecular complexity index is 879. The van der Waals surface area contributed by atoms with Gasteiger partial charge < -0.3 is 9.84 Å². The summed E-state index contributed by atoms with van der Waals surface area (Å²) in [7, 11) is 1.52. The van der Waals surface area contributed by atoms with Crippen molar-refractivity contribution in [2.75, 3.05) is 7.11 Å². The molecule has 0 fully saturated rings. The average Bonchev–Trinajstić information content (AvgIpc) is 2.94. The highest BCUT2D eigenvalue weighted by molar-refractivity contribution is 6.09. The van der Waals surface area contributed by atoms with E-state index in [4.69, 9.17) is 4.74 Å². The molecule has 1 heterocycles. The van der Waals surface area contributed by atoms with E-state index in [1.807, 2.05) is 0 Å². The summed E-state index contributed by atoms with van der Waals surface area (Å²) < 4.78 is 6.47. The predicted octanol–water partition coefficient (Wildman–Crippen LogP) is 3.04. The third kappa shape index (κ3) is 2.22. The number of carbonyl (C=O) groups is 2. The first kappa shape index (κ1) is 13.9. The number of rotatable bonds is 3. The van der Waals surface area contributed by atoms with Crippen LogP contribution in [0.3, 0.4) is 0 Å². The molecular formula is C17H13NO4. The van der Waals surface area contributed by atoms with Crippen molar-refractivity contribution in [1.29, 1.82) is 0 Å². The summed E-state index contributed by atoms with van der Waals surface area (Å²) >= 11 is 0. The van der Waals surface area contributed by atoms with E-state index < -0.39 is 5.97 Å². The molecule has 0 amide bonds. The van der Waals surface area contributed by atoms with Crippen molar-refractivity contribution in [2.45, 2.75) is 0 Å². The minimum atomic E-state index is -1.06. The fraction of sp³-hybridized carbons (Fsp3) is 0.0588. The zero-order chi connectivity index (χ0) is 15.7. The Morgan fingerprint density at radius 1 is 1.09 bits per heavy atom. The Hall–Kier alpha value is -3.08. The molecule has 0 aliphatic rings. The number of aromatic nitrogens is 1. The fourth-order valence-corrected chi connectivity index (χ4v) is 2.41. The van der Waals surface area contributed by atoms with Gasteiger partial charge in [0.2, 0.25) is 0 Å². The summed E-state index contributed by atoms with van der Waals surface area (Å²) in [6.07, 6.45) is 1.36. The lowest BCUT2D eigenvalue weighted by Crippen LogP contribution is -2.11. The third-order valence-electron chi connectivity index (χ3n) is 3.48. The van der Waals surface area contributed by atoms with Gasteiger partial charge in [0.05, 0.1) is 18.2 Å². The first-order valence-corrected chi connectivity index (χ1v) is 6.64. The van der Waals surface area contributed by atoms with E-state index in [2.05, 4.69) is 0 Å². The molecule has 0 saturated carbocycles. The largest absolute Gasteiger partial charge is 0.497 e. The number of nitrogens with zero attached hydrogens (tertiary/aromatic N) is 1. The molecule has 0 aliphatic carbocycles. The van der Waals surface area contributed by atoms with Crippen LogP contribution in [0.2, 0.25) is 0 Å². The molecule has 0 unspecified atom stereocenters. The van der Waals surface area contributed by atoms with Crippen LogP contribution in [-0.4, -0.2) is 28.7 Å². The van der Waals surface area contributed by atoms with E-state index in [1.54, 1.807) is 48.5 Å². The van der Waals surface area contributed by atoms with Crippen molar-refractivity contribution >= 4 is 22.8 Å². The number of aromatic carboxylic acids is 1. The smallest absolute Gasteiger partial charge is 0.337 e. The molecular weight excluding hydrogens is 282 g/mol. The van der Waals surface area contributed by atoms with Gasteiger partial charge in [-0.05, 0) is 24.3 Å². The molecule has 0 spiro atoms. The standard InChI is InChI=1S/C17H13NO4/c1-22-12-6-4-5-11(9-12)16(19)18-10-14(17(20)21)13-7-2-3-8-15(13)18/h2-10H,1H3,(H,20,21). The summed E-state index contributed by atoms with van der Waals surface area (Å²) in [6.45, 7) is 0. The van der Waals surface area contributed by atoms with E-state index in [0.717, 1.165) is 0 Å². The summed E-state index contributed by atoms with van der Waals surface area (Å²) in [5.41, 5.74) is 1.09. The predicted molar refractivity (Wildman–Crippen MR) is 81.6 cm³/mol. The third-order valence-corrected chi connectivity index (χ3v) is 3.48. The van der Waals surface area contributed by atoms with Gasteiger partial charge >= 0.3 is 5.97 Å². The number of carboxylic acid groups (broad SMARTS) is 1. The van der Waals surface area contributed by atoms with Crippen molar-refractivity contribution < 1.29 is 19.4 Å². The zero-order valence-electron chi connectivity index (χ0n) is 11.8. The lowest BCUT2D eigenvalue weighted by Gasteiger charge is -2.06. The van der Waals surface area contributed by atoms with Crippen LogP contribution in [-0.2, 0) is 0 Å². The van der Waals surface area contributed by atoms with Crippen molar-refractivity contribution in [1.82, 2.24) is 4.57 Å². The van der Waals surface area contributed by atoms with E-state index in [-0.39, 0.29) is 11.5 Å². The molecule has 2 aromatic carbocycles. The lowest BCUT2D eigenvalue weighted by atomic mass is 10.2. The first-order chi connectivity index (χ1) is 10.6. The van der Waals surface area contributed by atoms with Gasteiger partial charge in [0.1, 0.15) is 5.75 Å². The Morgan fingerprint density at radius 3 is 2.59 bits per heavy atom. The maximum atomic E-state index is 12.7. The van der Waals surface area contributed by atoms with Gasteiger partial charge in [-0.3, -0.25) is 9.36 Å². The second-order valence-corrected chi connectivity index (χ2v) is 4.77. The van der Waals surface area contributed by atoms with E-state index in [1.165, 1.54) is 17.9 Å². The second-order valence-electron chi connectivity index (χ2n) is 4.77. The number of ether oxygens (including phenoxy) is 1. The highest BCUT2D eigenvalue weighted by Crippen LogP contribution is 2.23. The Morgan fingerprint density at radius 2 is 1.86 bits per heavy atom. The van der Waals surface area contributed by atoms with Crippen LogP contribution in [0.25, 0.3) is 10.9 Å². The zero-order valence-corrected chi connectivity index (χ0v) is 11.8. The van der Waals surface area contributed by atoms with E-state index in [0.29, 0.717) is 22.2 Å². The molecule has 0 saturated heterocycles. The molecule has 0 bridgehead atoms. The quantitative estimate of drug-likeness (QED) is 0.806. The molecule has 5 heteroatoms. The summed E-state index contributed by atoms with van der Waals surface area (Å²) in [4.78, 5) is 24.0. The molecule has 0 radical (unpaired) electrons. The van der Waals surface area contributed by atoms with Gasteiger partial charge in [0.15, 0.2) is 0 Å². The van der Waals surface area contributed by atoms with Crippen molar-refractivity contribution in [2.24, 2.45) is 0 Å². The maximum absolute atomic E-state index is 12.7. The normalized spacial score (nSPS) is 10.6. The molecule has 0 aliphatic heterocycles. The van der Waals surface area contributed by atoms with Crippen LogP contribution in [0.15, 0.2) is 54.7 Å². The van der Waals surface area contributed by atoms with Crippen LogP contribution in [0.5, 0.6) is 5.75 Å². The molecule has 110 valence electrons. The second kappa shape index (κ2) is 5.37. The van der Waals surface area contributed by atoms with Crippen molar-refractivity contribution in [3.05, 3.63) is 65.9 Å². The average molecular weight is 295 g/mol. The van der Waals surface area contributed by atoms with Crippen LogP contribution in [0.1, 0.15) is 20.7 Å². The summed E-state index contributed by atoms with van der Waals surface area (Å²) in [6, 6.07) is 13.7. The number of hydrogen-bond acceptors (Lipinski definition) is 3. The summed E-state index contributed by atoms with van der Waals surface area (Å²) in [5, 5.41) is 9.82. The Labute approximate surface area is 126 Å². The number of carboxylic acids is 1. The minimum Gasteiger partial charge on any atom is -0.497 e. The lowest BCUT2D eigenvalue weighted by molar-refractivity contribution is 0.0699. The number of carbonyl (C=O) groups excluding carboxylic acids is 1. The maximum Gasteiger partial charge on any atom is 0.337 e.